The van der Waals surface area contributed by atoms with E-state index in [0.717, 1.165) is 30.6 Å². The SMILES string of the molecule is CCCOc1ccc(C[C@H](N)C=O)cc1. The minimum atomic E-state index is -0.410. The van der Waals surface area contributed by atoms with Gasteiger partial charge in [-0.25, -0.2) is 0 Å². The maximum absolute atomic E-state index is 10.4. The summed E-state index contributed by atoms with van der Waals surface area (Å²) in [5, 5.41) is 0. The monoisotopic (exact) mass is 207 g/mol. The van der Waals surface area contributed by atoms with Gasteiger partial charge in [0, 0.05) is 0 Å². The Balaban J connectivity index is 2.52. The first-order valence-corrected chi connectivity index (χ1v) is 5.19. The molecule has 0 heterocycles. The topological polar surface area (TPSA) is 52.3 Å². The Morgan fingerprint density at radius 3 is 2.60 bits per heavy atom. The van der Waals surface area contributed by atoms with Crippen LogP contribution in [-0.4, -0.2) is 18.9 Å². The van der Waals surface area contributed by atoms with Gasteiger partial charge in [0.15, 0.2) is 0 Å². The molecule has 0 spiro atoms. The summed E-state index contributed by atoms with van der Waals surface area (Å²) in [4.78, 5) is 10.4. The summed E-state index contributed by atoms with van der Waals surface area (Å²) < 4.78 is 5.44. The molecular formula is C12H17NO2. The Morgan fingerprint density at radius 1 is 1.40 bits per heavy atom. The van der Waals surface area contributed by atoms with Gasteiger partial charge < -0.3 is 15.3 Å². The fourth-order valence-electron chi connectivity index (χ4n) is 1.26. The van der Waals surface area contributed by atoms with Crippen LogP contribution in [0.15, 0.2) is 24.3 Å². The lowest BCUT2D eigenvalue weighted by Crippen LogP contribution is -2.23. The van der Waals surface area contributed by atoms with E-state index in [9.17, 15) is 4.79 Å². The van der Waals surface area contributed by atoms with Gasteiger partial charge in [-0.1, -0.05) is 19.1 Å². The number of ether oxygens (including phenoxy) is 1. The molecule has 0 unspecified atom stereocenters. The maximum atomic E-state index is 10.4. The van der Waals surface area contributed by atoms with E-state index in [2.05, 4.69) is 6.92 Å². The molecule has 1 rings (SSSR count). The number of rotatable bonds is 6. The second-order valence-corrected chi connectivity index (χ2v) is 3.50. The minimum Gasteiger partial charge on any atom is -0.494 e. The summed E-state index contributed by atoms with van der Waals surface area (Å²) in [7, 11) is 0. The number of nitrogens with two attached hydrogens (primary N) is 1. The molecule has 0 fully saturated rings. The zero-order chi connectivity index (χ0) is 11.1. The molecule has 3 heteroatoms. The first-order valence-electron chi connectivity index (χ1n) is 5.19. The van der Waals surface area contributed by atoms with Crippen molar-refractivity contribution in [2.75, 3.05) is 6.61 Å². The molecule has 15 heavy (non-hydrogen) atoms. The van der Waals surface area contributed by atoms with Crippen LogP contribution in [0.2, 0.25) is 0 Å². The Kier molecular flexibility index (Phi) is 4.84. The largest absolute Gasteiger partial charge is 0.494 e. The molecule has 0 aromatic heterocycles. The minimum absolute atomic E-state index is 0.410. The zero-order valence-corrected chi connectivity index (χ0v) is 8.98. The molecule has 82 valence electrons. The highest BCUT2D eigenvalue weighted by molar-refractivity contribution is 5.57. The Hall–Kier alpha value is -1.35. The lowest BCUT2D eigenvalue weighted by molar-refractivity contribution is -0.108. The van der Waals surface area contributed by atoms with Crippen molar-refractivity contribution in [2.45, 2.75) is 25.8 Å². The quantitative estimate of drug-likeness (QED) is 0.720. The highest BCUT2D eigenvalue weighted by Gasteiger charge is 2.01. The van der Waals surface area contributed by atoms with Crippen LogP contribution in [0.25, 0.3) is 0 Å². The number of carbonyl (C=O) groups is 1. The third-order valence-corrected chi connectivity index (χ3v) is 2.04. The average molecular weight is 207 g/mol. The van der Waals surface area contributed by atoms with Gasteiger partial charge in [-0.2, -0.15) is 0 Å². The van der Waals surface area contributed by atoms with Crippen LogP contribution in [0.4, 0.5) is 0 Å². The molecule has 1 aromatic rings. The van der Waals surface area contributed by atoms with Gasteiger partial charge in [0.05, 0.1) is 12.6 Å². The third-order valence-electron chi connectivity index (χ3n) is 2.04. The number of benzene rings is 1. The first-order chi connectivity index (χ1) is 7.26. The lowest BCUT2D eigenvalue weighted by Gasteiger charge is -2.07. The fourth-order valence-corrected chi connectivity index (χ4v) is 1.26. The molecule has 3 nitrogen and oxygen atoms in total. The van der Waals surface area contributed by atoms with Crippen molar-refractivity contribution in [3.8, 4) is 5.75 Å². The van der Waals surface area contributed by atoms with Crippen molar-refractivity contribution in [1.29, 1.82) is 0 Å². The summed E-state index contributed by atoms with van der Waals surface area (Å²) in [6.07, 6.45) is 2.34. The standard InChI is InChI=1S/C12H17NO2/c1-2-7-15-12-5-3-10(4-6-12)8-11(13)9-14/h3-6,9,11H,2,7-8,13H2,1H3/t11-/m0/s1. The van der Waals surface area contributed by atoms with Crippen molar-refractivity contribution >= 4 is 6.29 Å². The van der Waals surface area contributed by atoms with Gasteiger partial charge in [0.25, 0.3) is 0 Å². The Morgan fingerprint density at radius 2 is 2.07 bits per heavy atom. The normalized spacial score (nSPS) is 12.1. The van der Waals surface area contributed by atoms with Crippen molar-refractivity contribution in [3.05, 3.63) is 29.8 Å². The van der Waals surface area contributed by atoms with Crippen LogP contribution in [-0.2, 0) is 11.2 Å². The molecular weight excluding hydrogens is 190 g/mol. The van der Waals surface area contributed by atoms with Gasteiger partial charge in [-0.3, -0.25) is 0 Å². The molecule has 0 radical (unpaired) electrons. The molecule has 0 aliphatic rings. The fraction of sp³-hybridized carbons (Fsp3) is 0.417. The van der Waals surface area contributed by atoms with Crippen LogP contribution in [0, 0.1) is 0 Å². The summed E-state index contributed by atoms with van der Waals surface area (Å²) in [6, 6.07) is 7.28. The van der Waals surface area contributed by atoms with Crippen LogP contribution < -0.4 is 10.5 Å². The van der Waals surface area contributed by atoms with Crippen molar-refractivity contribution in [3.63, 3.8) is 0 Å². The summed E-state index contributed by atoms with van der Waals surface area (Å²) in [6.45, 7) is 2.80. The van der Waals surface area contributed by atoms with Crippen LogP contribution in [0.5, 0.6) is 5.75 Å². The smallest absolute Gasteiger partial charge is 0.137 e. The summed E-state index contributed by atoms with van der Waals surface area (Å²) in [5.74, 6) is 0.861. The third kappa shape index (κ3) is 4.13. The highest BCUT2D eigenvalue weighted by atomic mass is 16.5. The Labute approximate surface area is 90.2 Å². The number of aldehydes is 1. The second-order valence-electron chi connectivity index (χ2n) is 3.50. The lowest BCUT2D eigenvalue weighted by atomic mass is 10.1. The second kappa shape index (κ2) is 6.19. The van der Waals surface area contributed by atoms with E-state index >= 15 is 0 Å². The van der Waals surface area contributed by atoms with E-state index in [1.165, 1.54) is 0 Å². The van der Waals surface area contributed by atoms with Crippen LogP contribution in [0.1, 0.15) is 18.9 Å². The zero-order valence-electron chi connectivity index (χ0n) is 8.98. The molecule has 0 amide bonds. The van der Waals surface area contributed by atoms with Crippen LogP contribution in [0.3, 0.4) is 0 Å². The van der Waals surface area contributed by atoms with E-state index in [0.29, 0.717) is 6.42 Å². The summed E-state index contributed by atoms with van der Waals surface area (Å²) >= 11 is 0. The number of hydrogen-bond donors (Lipinski definition) is 1. The summed E-state index contributed by atoms with van der Waals surface area (Å²) in [5.41, 5.74) is 6.58. The Bertz CT molecular complexity index is 295. The molecule has 0 aliphatic heterocycles. The predicted molar refractivity (Wildman–Crippen MR) is 60.0 cm³/mol. The number of carbonyl (C=O) groups excluding carboxylic acids is 1. The molecule has 0 saturated carbocycles. The van der Waals surface area contributed by atoms with Crippen molar-refractivity contribution in [2.24, 2.45) is 5.73 Å². The van der Waals surface area contributed by atoms with E-state index in [1.54, 1.807) is 0 Å². The van der Waals surface area contributed by atoms with E-state index in [1.807, 2.05) is 24.3 Å². The van der Waals surface area contributed by atoms with E-state index in [-0.39, 0.29) is 0 Å². The highest BCUT2D eigenvalue weighted by Crippen LogP contribution is 2.13. The molecule has 1 aromatic carbocycles. The van der Waals surface area contributed by atoms with Crippen molar-refractivity contribution < 1.29 is 9.53 Å². The molecule has 2 N–H and O–H groups in total. The van der Waals surface area contributed by atoms with Crippen molar-refractivity contribution in [1.82, 2.24) is 0 Å². The van der Waals surface area contributed by atoms with Crippen LogP contribution >= 0.6 is 0 Å². The van der Waals surface area contributed by atoms with Gasteiger partial charge in [0.1, 0.15) is 12.0 Å². The average Bonchev–Trinajstić information content (AvgIpc) is 2.28. The predicted octanol–water partition coefficient (Wildman–Crippen LogP) is 1.54. The van der Waals surface area contributed by atoms with Gasteiger partial charge in [-0.15, -0.1) is 0 Å². The first kappa shape index (κ1) is 11.7. The molecule has 0 aliphatic carbocycles. The van der Waals surface area contributed by atoms with Gasteiger partial charge >= 0.3 is 0 Å². The molecule has 0 saturated heterocycles. The van der Waals surface area contributed by atoms with Gasteiger partial charge in [0.2, 0.25) is 0 Å². The maximum Gasteiger partial charge on any atom is 0.137 e. The van der Waals surface area contributed by atoms with E-state index < -0.39 is 6.04 Å². The van der Waals surface area contributed by atoms with E-state index in [4.69, 9.17) is 10.5 Å². The number of hydrogen-bond acceptors (Lipinski definition) is 3. The van der Waals surface area contributed by atoms with Gasteiger partial charge in [-0.05, 0) is 30.5 Å². The molecule has 1 atom stereocenters. The molecule has 0 bridgehead atoms.